The SMILES string of the molecule is C[C@@H]1Cc2ccccc2N1C(=O)Cc1csc(NC(=O)c2ncccn2)n1. The van der Waals surface area contributed by atoms with E-state index in [1.807, 2.05) is 30.0 Å². The zero-order chi connectivity index (χ0) is 18.8. The molecule has 0 spiro atoms. The Labute approximate surface area is 160 Å². The predicted molar refractivity (Wildman–Crippen MR) is 103 cm³/mol. The number of amides is 2. The molecule has 0 radical (unpaired) electrons. The van der Waals surface area contributed by atoms with E-state index in [0.29, 0.717) is 10.8 Å². The monoisotopic (exact) mass is 379 g/mol. The predicted octanol–water partition coefficient (Wildman–Crippen LogP) is 2.71. The van der Waals surface area contributed by atoms with Crippen LogP contribution in [-0.4, -0.2) is 32.8 Å². The normalized spacial score (nSPS) is 15.4. The van der Waals surface area contributed by atoms with E-state index in [4.69, 9.17) is 0 Å². The number of carbonyl (C=O) groups is 2. The van der Waals surface area contributed by atoms with Crippen molar-refractivity contribution in [3.05, 3.63) is 65.2 Å². The summed E-state index contributed by atoms with van der Waals surface area (Å²) < 4.78 is 0. The number of carbonyl (C=O) groups excluding carboxylic acids is 2. The van der Waals surface area contributed by atoms with Crippen molar-refractivity contribution in [3.8, 4) is 0 Å². The number of rotatable bonds is 4. The Hall–Kier alpha value is -3.13. The lowest BCUT2D eigenvalue weighted by molar-refractivity contribution is -0.118. The Balaban J connectivity index is 1.44. The van der Waals surface area contributed by atoms with Crippen LogP contribution in [0.3, 0.4) is 0 Å². The molecule has 4 rings (SSSR count). The maximum absolute atomic E-state index is 12.8. The van der Waals surface area contributed by atoms with E-state index < -0.39 is 5.91 Å². The van der Waals surface area contributed by atoms with Gasteiger partial charge in [0.25, 0.3) is 5.91 Å². The van der Waals surface area contributed by atoms with Gasteiger partial charge in [0.1, 0.15) is 0 Å². The van der Waals surface area contributed by atoms with Crippen molar-refractivity contribution in [2.24, 2.45) is 0 Å². The van der Waals surface area contributed by atoms with Crippen LogP contribution in [0.2, 0.25) is 0 Å². The maximum atomic E-state index is 12.8. The van der Waals surface area contributed by atoms with Crippen LogP contribution in [0, 0.1) is 0 Å². The number of anilines is 2. The van der Waals surface area contributed by atoms with Crippen LogP contribution in [0.5, 0.6) is 0 Å². The number of aromatic nitrogens is 3. The van der Waals surface area contributed by atoms with Gasteiger partial charge in [0, 0.05) is 29.5 Å². The lowest BCUT2D eigenvalue weighted by atomic mass is 10.1. The zero-order valence-corrected chi connectivity index (χ0v) is 15.4. The molecule has 0 saturated heterocycles. The summed E-state index contributed by atoms with van der Waals surface area (Å²) in [5.41, 5.74) is 2.79. The topological polar surface area (TPSA) is 88.1 Å². The van der Waals surface area contributed by atoms with Crippen LogP contribution < -0.4 is 10.2 Å². The Kier molecular flexibility index (Phi) is 4.64. The highest BCUT2D eigenvalue weighted by molar-refractivity contribution is 7.14. The van der Waals surface area contributed by atoms with Crippen LogP contribution in [0.15, 0.2) is 48.1 Å². The Morgan fingerprint density at radius 2 is 2.00 bits per heavy atom. The van der Waals surface area contributed by atoms with E-state index in [1.165, 1.54) is 29.3 Å². The zero-order valence-electron chi connectivity index (χ0n) is 14.6. The van der Waals surface area contributed by atoms with E-state index in [1.54, 1.807) is 11.4 Å². The number of hydrogen-bond acceptors (Lipinski definition) is 6. The van der Waals surface area contributed by atoms with Gasteiger partial charge in [-0.25, -0.2) is 15.0 Å². The minimum Gasteiger partial charge on any atom is -0.309 e. The highest BCUT2D eigenvalue weighted by atomic mass is 32.1. The van der Waals surface area contributed by atoms with E-state index >= 15 is 0 Å². The van der Waals surface area contributed by atoms with Crippen molar-refractivity contribution in [2.75, 3.05) is 10.2 Å². The van der Waals surface area contributed by atoms with Crippen molar-refractivity contribution >= 4 is 34.0 Å². The first-order chi connectivity index (χ1) is 13.1. The van der Waals surface area contributed by atoms with Gasteiger partial charge < -0.3 is 4.90 Å². The first kappa shape index (κ1) is 17.3. The summed E-state index contributed by atoms with van der Waals surface area (Å²) in [4.78, 5) is 38.9. The second kappa shape index (κ2) is 7.24. The molecule has 0 unspecified atom stereocenters. The smallest absolute Gasteiger partial charge is 0.295 e. The summed E-state index contributed by atoms with van der Waals surface area (Å²) in [6.07, 6.45) is 4.05. The molecule has 27 heavy (non-hydrogen) atoms. The second-order valence-electron chi connectivity index (χ2n) is 6.29. The van der Waals surface area contributed by atoms with Gasteiger partial charge >= 0.3 is 0 Å². The summed E-state index contributed by atoms with van der Waals surface area (Å²) in [5.74, 6) is -0.347. The van der Waals surface area contributed by atoms with E-state index in [0.717, 1.165) is 12.1 Å². The molecule has 1 aliphatic heterocycles. The molecule has 1 aliphatic rings. The molecule has 0 bridgehead atoms. The fourth-order valence-corrected chi connectivity index (χ4v) is 3.91. The summed E-state index contributed by atoms with van der Waals surface area (Å²) in [6, 6.07) is 9.74. The highest BCUT2D eigenvalue weighted by Crippen LogP contribution is 2.32. The number of fused-ring (bicyclic) bond motifs is 1. The molecule has 2 aromatic heterocycles. The average Bonchev–Trinajstić information content (AvgIpc) is 3.25. The van der Waals surface area contributed by atoms with Gasteiger partial charge in [-0.05, 0) is 31.0 Å². The molecule has 7 nitrogen and oxygen atoms in total. The van der Waals surface area contributed by atoms with Crippen LogP contribution in [0.4, 0.5) is 10.8 Å². The van der Waals surface area contributed by atoms with E-state index in [9.17, 15) is 9.59 Å². The lowest BCUT2D eigenvalue weighted by Crippen LogP contribution is -2.36. The lowest BCUT2D eigenvalue weighted by Gasteiger charge is -2.22. The molecular weight excluding hydrogens is 362 g/mol. The van der Waals surface area contributed by atoms with Crippen LogP contribution in [0.25, 0.3) is 0 Å². The van der Waals surface area contributed by atoms with E-state index in [-0.39, 0.29) is 24.2 Å². The van der Waals surface area contributed by atoms with Gasteiger partial charge in [-0.15, -0.1) is 11.3 Å². The van der Waals surface area contributed by atoms with Crippen molar-refractivity contribution in [2.45, 2.75) is 25.8 Å². The largest absolute Gasteiger partial charge is 0.309 e. The molecule has 3 aromatic rings. The van der Waals surface area contributed by atoms with Gasteiger partial charge in [-0.3, -0.25) is 14.9 Å². The summed E-state index contributed by atoms with van der Waals surface area (Å²) in [5, 5.41) is 4.87. The highest BCUT2D eigenvalue weighted by Gasteiger charge is 2.30. The maximum Gasteiger partial charge on any atom is 0.295 e. The first-order valence-electron chi connectivity index (χ1n) is 8.54. The number of para-hydroxylation sites is 1. The first-order valence-corrected chi connectivity index (χ1v) is 9.42. The summed E-state index contributed by atoms with van der Waals surface area (Å²) >= 11 is 1.27. The summed E-state index contributed by atoms with van der Waals surface area (Å²) in [7, 11) is 0. The number of thiazole rings is 1. The second-order valence-corrected chi connectivity index (χ2v) is 7.15. The number of nitrogens with one attached hydrogen (secondary N) is 1. The van der Waals surface area contributed by atoms with Crippen molar-refractivity contribution in [1.82, 2.24) is 15.0 Å². The molecular formula is C19H17N5O2S. The van der Waals surface area contributed by atoms with Gasteiger partial charge in [-0.1, -0.05) is 18.2 Å². The fourth-order valence-electron chi connectivity index (χ4n) is 3.20. The van der Waals surface area contributed by atoms with E-state index in [2.05, 4.69) is 26.3 Å². The molecule has 136 valence electrons. The number of benzene rings is 1. The third kappa shape index (κ3) is 3.56. The molecule has 3 heterocycles. The Morgan fingerprint density at radius 3 is 2.81 bits per heavy atom. The standard InChI is InChI=1S/C19H17N5O2S/c1-12-9-13-5-2-3-6-15(13)24(12)16(25)10-14-11-27-19(22-14)23-18(26)17-20-7-4-8-21-17/h2-8,11-12H,9-10H2,1H3,(H,22,23,26)/t12-/m1/s1. The van der Waals surface area contributed by atoms with Gasteiger partial charge in [-0.2, -0.15) is 0 Å². The van der Waals surface area contributed by atoms with Crippen LogP contribution >= 0.6 is 11.3 Å². The number of hydrogen-bond donors (Lipinski definition) is 1. The molecule has 1 N–H and O–H groups in total. The number of nitrogens with zero attached hydrogens (tertiary/aromatic N) is 4. The Bertz CT molecular complexity index is 989. The van der Waals surface area contributed by atoms with Gasteiger partial charge in [0.05, 0.1) is 12.1 Å². The molecule has 1 atom stereocenters. The fraction of sp³-hybridized carbons (Fsp3) is 0.211. The average molecular weight is 379 g/mol. The van der Waals surface area contributed by atoms with Gasteiger partial charge in [0.15, 0.2) is 5.13 Å². The third-order valence-corrected chi connectivity index (χ3v) is 5.16. The van der Waals surface area contributed by atoms with Crippen molar-refractivity contribution < 1.29 is 9.59 Å². The molecule has 2 amide bonds. The Morgan fingerprint density at radius 1 is 1.22 bits per heavy atom. The van der Waals surface area contributed by atoms with Gasteiger partial charge in [0.2, 0.25) is 11.7 Å². The minimum absolute atomic E-state index is 0.00187. The molecule has 0 fully saturated rings. The quantitative estimate of drug-likeness (QED) is 0.753. The molecule has 0 aliphatic carbocycles. The van der Waals surface area contributed by atoms with Crippen LogP contribution in [-0.2, 0) is 17.6 Å². The summed E-state index contributed by atoms with van der Waals surface area (Å²) in [6.45, 7) is 2.05. The minimum atomic E-state index is -0.426. The molecule has 0 saturated carbocycles. The molecule has 1 aromatic carbocycles. The van der Waals surface area contributed by atoms with Crippen molar-refractivity contribution in [3.63, 3.8) is 0 Å². The third-order valence-electron chi connectivity index (χ3n) is 4.35. The molecule has 8 heteroatoms. The van der Waals surface area contributed by atoms with Crippen molar-refractivity contribution in [1.29, 1.82) is 0 Å². The van der Waals surface area contributed by atoms with Crippen LogP contribution in [0.1, 0.15) is 28.8 Å².